The lowest BCUT2D eigenvalue weighted by molar-refractivity contribution is -0.149. The van der Waals surface area contributed by atoms with Gasteiger partial charge < -0.3 is 10.3 Å². The number of likely N-dealkylation sites (tertiary alicyclic amines) is 1. The minimum Gasteiger partial charge on any atom is -0.338 e. The second-order valence-corrected chi connectivity index (χ2v) is 4.23. The summed E-state index contributed by atoms with van der Waals surface area (Å²) < 4.78 is 1.87. The predicted molar refractivity (Wildman–Crippen MR) is 60.8 cm³/mol. The maximum absolute atomic E-state index is 11.7. The predicted octanol–water partition coefficient (Wildman–Crippen LogP) is -0.561. The number of hydrogen-bond acceptors (Lipinski definition) is 4. The van der Waals surface area contributed by atoms with Crippen molar-refractivity contribution in [2.75, 3.05) is 6.54 Å². The molecule has 2 heterocycles. The lowest BCUT2D eigenvalue weighted by Gasteiger charge is -2.28. The Balaban J connectivity index is 2.00. The first-order valence-corrected chi connectivity index (χ1v) is 5.65. The summed E-state index contributed by atoms with van der Waals surface area (Å²) >= 11 is 0. The van der Waals surface area contributed by atoms with E-state index >= 15 is 0 Å². The number of rotatable bonds is 3. The largest absolute Gasteiger partial charge is 0.338 e. The van der Waals surface area contributed by atoms with Crippen LogP contribution < -0.4 is 5.73 Å². The highest BCUT2D eigenvalue weighted by molar-refractivity contribution is 6.00. The van der Waals surface area contributed by atoms with Crippen LogP contribution in [0, 0.1) is 0 Å². The minimum absolute atomic E-state index is 0.133. The van der Waals surface area contributed by atoms with Crippen LogP contribution in [0.15, 0.2) is 12.4 Å². The lowest BCUT2D eigenvalue weighted by Crippen LogP contribution is -2.51. The number of imide groups is 1. The second kappa shape index (κ2) is 4.67. The molecule has 0 saturated carbocycles. The van der Waals surface area contributed by atoms with E-state index in [-0.39, 0.29) is 11.8 Å². The summed E-state index contributed by atoms with van der Waals surface area (Å²) in [5.41, 5.74) is 5.65. The second-order valence-electron chi connectivity index (χ2n) is 4.23. The van der Waals surface area contributed by atoms with Crippen molar-refractivity contribution in [2.45, 2.75) is 25.3 Å². The molecule has 0 aliphatic carbocycles. The normalized spacial score (nSPS) is 21.1. The van der Waals surface area contributed by atoms with Gasteiger partial charge in [0.05, 0.1) is 6.04 Å². The molecule has 1 fully saturated rings. The van der Waals surface area contributed by atoms with Gasteiger partial charge in [-0.3, -0.25) is 14.5 Å². The van der Waals surface area contributed by atoms with E-state index < -0.39 is 6.04 Å². The number of hydrogen-bond donors (Lipinski definition) is 1. The Labute approximate surface area is 99.4 Å². The molecule has 2 amide bonds. The number of nitrogens with two attached hydrogens (primary N) is 1. The molecule has 1 saturated heterocycles. The molecular formula is C11H16N4O2. The van der Waals surface area contributed by atoms with E-state index in [0.29, 0.717) is 25.8 Å². The first-order valence-electron chi connectivity index (χ1n) is 5.65. The van der Waals surface area contributed by atoms with Crippen LogP contribution in [0.4, 0.5) is 0 Å². The molecule has 1 aliphatic heterocycles. The fraction of sp³-hybridized carbons (Fsp3) is 0.545. The summed E-state index contributed by atoms with van der Waals surface area (Å²) in [4.78, 5) is 28.8. The zero-order valence-corrected chi connectivity index (χ0v) is 9.80. The summed E-state index contributed by atoms with van der Waals surface area (Å²) in [6.45, 7) is 0.357. The van der Waals surface area contributed by atoms with Crippen molar-refractivity contribution in [3.8, 4) is 0 Å². The Morgan fingerprint density at radius 3 is 2.94 bits per heavy atom. The highest BCUT2D eigenvalue weighted by atomic mass is 16.2. The molecule has 17 heavy (non-hydrogen) atoms. The summed E-state index contributed by atoms with van der Waals surface area (Å²) in [5, 5.41) is 0. The van der Waals surface area contributed by atoms with E-state index in [4.69, 9.17) is 5.73 Å². The van der Waals surface area contributed by atoms with Gasteiger partial charge in [-0.05, 0) is 6.42 Å². The van der Waals surface area contributed by atoms with E-state index in [1.54, 1.807) is 6.20 Å². The summed E-state index contributed by atoms with van der Waals surface area (Å²) in [5.74, 6) is 0.450. The summed E-state index contributed by atoms with van der Waals surface area (Å²) in [6, 6.07) is -0.533. The third-order valence-electron chi connectivity index (χ3n) is 3.03. The van der Waals surface area contributed by atoms with E-state index in [1.807, 2.05) is 17.8 Å². The highest BCUT2D eigenvalue weighted by Gasteiger charge is 2.31. The molecule has 92 valence electrons. The number of aryl methyl sites for hydroxylation is 1. The Bertz CT molecular complexity index is 440. The third-order valence-corrected chi connectivity index (χ3v) is 3.03. The third kappa shape index (κ3) is 2.36. The molecule has 6 nitrogen and oxygen atoms in total. The zero-order chi connectivity index (χ0) is 12.4. The molecule has 1 aliphatic rings. The van der Waals surface area contributed by atoms with Gasteiger partial charge in [-0.25, -0.2) is 4.98 Å². The SMILES string of the molecule is Cn1ccnc1CCN1C(=O)CCC(N)C1=O. The molecule has 0 radical (unpaired) electrons. The first kappa shape index (κ1) is 11.8. The molecule has 1 aromatic rings. The first-order chi connectivity index (χ1) is 8.09. The van der Waals surface area contributed by atoms with Crippen molar-refractivity contribution in [1.29, 1.82) is 0 Å². The van der Waals surface area contributed by atoms with Gasteiger partial charge in [0, 0.05) is 38.8 Å². The standard InChI is InChI=1S/C11H16N4O2/c1-14-7-5-13-9(14)4-6-15-10(16)3-2-8(12)11(15)17/h5,7-8H,2-4,6,12H2,1H3. The maximum atomic E-state index is 11.7. The average Bonchev–Trinajstić information content (AvgIpc) is 2.70. The number of aromatic nitrogens is 2. The number of piperidine rings is 1. The highest BCUT2D eigenvalue weighted by Crippen LogP contribution is 2.12. The van der Waals surface area contributed by atoms with Gasteiger partial charge in [0.15, 0.2) is 0 Å². The Hall–Kier alpha value is -1.69. The zero-order valence-electron chi connectivity index (χ0n) is 9.80. The van der Waals surface area contributed by atoms with Crippen LogP contribution in [0.25, 0.3) is 0 Å². The van der Waals surface area contributed by atoms with E-state index in [0.717, 1.165) is 5.82 Å². The van der Waals surface area contributed by atoms with Crippen molar-refractivity contribution in [3.63, 3.8) is 0 Å². The van der Waals surface area contributed by atoms with Crippen LogP contribution in [-0.4, -0.2) is 38.9 Å². The van der Waals surface area contributed by atoms with Gasteiger partial charge in [-0.1, -0.05) is 0 Å². The fourth-order valence-electron chi connectivity index (χ4n) is 1.94. The molecule has 1 aromatic heterocycles. The van der Waals surface area contributed by atoms with Gasteiger partial charge in [0.1, 0.15) is 5.82 Å². The van der Waals surface area contributed by atoms with Crippen molar-refractivity contribution in [3.05, 3.63) is 18.2 Å². The number of nitrogens with zero attached hydrogens (tertiary/aromatic N) is 3. The maximum Gasteiger partial charge on any atom is 0.246 e. The molecule has 2 rings (SSSR count). The molecule has 0 aromatic carbocycles. The molecule has 0 bridgehead atoms. The fourth-order valence-corrected chi connectivity index (χ4v) is 1.94. The van der Waals surface area contributed by atoms with Crippen LogP contribution >= 0.6 is 0 Å². The average molecular weight is 236 g/mol. The van der Waals surface area contributed by atoms with Gasteiger partial charge in [-0.15, -0.1) is 0 Å². The summed E-state index contributed by atoms with van der Waals surface area (Å²) in [7, 11) is 1.88. The van der Waals surface area contributed by atoms with Crippen molar-refractivity contribution < 1.29 is 9.59 Å². The van der Waals surface area contributed by atoms with Crippen LogP contribution in [0.3, 0.4) is 0 Å². The number of carbonyl (C=O) groups excluding carboxylic acids is 2. The molecule has 2 N–H and O–H groups in total. The topological polar surface area (TPSA) is 81.2 Å². The molecule has 1 atom stereocenters. The van der Waals surface area contributed by atoms with E-state index in [1.165, 1.54) is 4.90 Å². The van der Waals surface area contributed by atoms with Gasteiger partial charge in [-0.2, -0.15) is 0 Å². The van der Waals surface area contributed by atoms with Gasteiger partial charge in [0.25, 0.3) is 0 Å². The lowest BCUT2D eigenvalue weighted by atomic mass is 10.0. The quantitative estimate of drug-likeness (QED) is 0.713. The number of amides is 2. The van der Waals surface area contributed by atoms with E-state index in [9.17, 15) is 9.59 Å². The van der Waals surface area contributed by atoms with Gasteiger partial charge in [0.2, 0.25) is 11.8 Å². The monoisotopic (exact) mass is 236 g/mol. The van der Waals surface area contributed by atoms with Crippen LogP contribution in [0.1, 0.15) is 18.7 Å². The molecule has 0 spiro atoms. The minimum atomic E-state index is -0.533. The van der Waals surface area contributed by atoms with Crippen LogP contribution in [0.5, 0.6) is 0 Å². The molecule has 6 heteroatoms. The van der Waals surface area contributed by atoms with Crippen LogP contribution in [0.2, 0.25) is 0 Å². The number of imidazole rings is 1. The van der Waals surface area contributed by atoms with Crippen LogP contribution in [-0.2, 0) is 23.1 Å². The molecule has 1 unspecified atom stereocenters. The Morgan fingerprint density at radius 2 is 2.29 bits per heavy atom. The van der Waals surface area contributed by atoms with Crippen molar-refractivity contribution >= 4 is 11.8 Å². The number of carbonyl (C=O) groups is 2. The Kier molecular flexibility index (Phi) is 3.23. The van der Waals surface area contributed by atoms with Gasteiger partial charge >= 0.3 is 0 Å². The Morgan fingerprint density at radius 1 is 1.53 bits per heavy atom. The van der Waals surface area contributed by atoms with Crippen molar-refractivity contribution in [2.24, 2.45) is 12.8 Å². The molecular weight excluding hydrogens is 220 g/mol. The summed E-state index contributed by atoms with van der Waals surface area (Å²) in [6.07, 6.45) is 4.90. The van der Waals surface area contributed by atoms with E-state index in [2.05, 4.69) is 4.98 Å². The smallest absolute Gasteiger partial charge is 0.246 e. The van der Waals surface area contributed by atoms with Crippen molar-refractivity contribution in [1.82, 2.24) is 14.5 Å².